The lowest BCUT2D eigenvalue weighted by Crippen LogP contribution is -2.42. The molecule has 2 aromatic carbocycles. The van der Waals surface area contributed by atoms with Gasteiger partial charge < -0.3 is 9.64 Å². The van der Waals surface area contributed by atoms with Crippen LogP contribution in [-0.4, -0.2) is 45.2 Å². The number of carbonyl (C=O) groups excluding carboxylic acids is 2. The highest BCUT2D eigenvalue weighted by molar-refractivity contribution is 7.93. The van der Waals surface area contributed by atoms with Crippen molar-refractivity contribution in [2.45, 2.75) is 32.3 Å². The van der Waals surface area contributed by atoms with Crippen LogP contribution in [0, 0.1) is 0 Å². The molecule has 0 radical (unpaired) electrons. The topological polar surface area (TPSA) is 84.0 Å². The fourth-order valence-electron chi connectivity index (χ4n) is 3.95. The van der Waals surface area contributed by atoms with Gasteiger partial charge in [0.25, 0.3) is 5.91 Å². The Morgan fingerprint density at radius 3 is 2.43 bits per heavy atom. The van der Waals surface area contributed by atoms with Crippen LogP contribution < -0.4 is 9.21 Å². The van der Waals surface area contributed by atoms with E-state index in [2.05, 4.69) is 0 Å². The van der Waals surface area contributed by atoms with Crippen molar-refractivity contribution in [3.8, 4) is 0 Å². The lowest BCUT2D eigenvalue weighted by atomic mass is 10.0. The number of hydrogen-bond acceptors (Lipinski definition) is 5. The number of aryl methyl sites for hydroxylation is 1. The van der Waals surface area contributed by atoms with Crippen molar-refractivity contribution in [1.82, 2.24) is 0 Å². The molecule has 2 aliphatic rings. The summed E-state index contributed by atoms with van der Waals surface area (Å²) in [5.41, 5.74) is 2.78. The third-order valence-electron chi connectivity index (χ3n) is 5.50. The molecule has 0 saturated carbocycles. The summed E-state index contributed by atoms with van der Waals surface area (Å²) in [7, 11) is -3.27. The van der Waals surface area contributed by atoms with Gasteiger partial charge in [0.05, 0.1) is 17.0 Å². The molecule has 0 spiro atoms. The van der Waals surface area contributed by atoms with Crippen molar-refractivity contribution < 1.29 is 22.7 Å². The van der Waals surface area contributed by atoms with Crippen LogP contribution in [-0.2, 0) is 26.0 Å². The minimum absolute atomic E-state index is 0.135. The minimum atomic E-state index is -3.27. The molecule has 158 valence electrons. The van der Waals surface area contributed by atoms with Crippen LogP contribution in [0.2, 0.25) is 0 Å². The number of rotatable bonds is 4. The smallest absolute Gasteiger partial charge is 0.338 e. The summed E-state index contributed by atoms with van der Waals surface area (Å²) in [5.74, 6) is -0.733. The molecule has 0 N–H and O–H groups in total. The molecule has 0 unspecified atom stereocenters. The molecule has 2 heterocycles. The van der Waals surface area contributed by atoms with E-state index in [4.69, 9.17) is 4.74 Å². The van der Waals surface area contributed by atoms with Crippen molar-refractivity contribution in [3.63, 3.8) is 0 Å². The van der Waals surface area contributed by atoms with E-state index in [1.807, 2.05) is 24.3 Å². The van der Waals surface area contributed by atoms with Gasteiger partial charge in [-0.3, -0.25) is 9.10 Å². The molecule has 0 aliphatic carbocycles. The predicted octanol–water partition coefficient (Wildman–Crippen LogP) is 2.75. The zero-order chi connectivity index (χ0) is 21.3. The maximum atomic E-state index is 12.9. The van der Waals surface area contributed by atoms with Crippen LogP contribution in [0.1, 0.15) is 35.7 Å². The van der Waals surface area contributed by atoms with E-state index in [1.165, 1.54) is 16.4 Å². The molecule has 7 nitrogen and oxygen atoms in total. The third kappa shape index (κ3) is 3.92. The number of anilines is 2. The average molecular weight is 429 g/mol. The van der Waals surface area contributed by atoms with Crippen LogP contribution in [0.4, 0.5) is 11.4 Å². The summed E-state index contributed by atoms with van der Waals surface area (Å²) in [6.07, 6.45) is 1.45. The van der Waals surface area contributed by atoms with E-state index in [0.717, 1.165) is 24.1 Å². The van der Waals surface area contributed by atoms with E-state index in [1.54, 1.807) is 24.0 Å². The molecular weight excluding hydrogens is 404 g/mol. The van der Waals surface area contributed by atoms with Crippen LogP contribution in [0.3, 0.4) is 0 Å². The number of fused-ring (bicyclic) bond motifs is 1. The minimum Gasteiger partial charge on any atom is -0.449 e. The zero-order valence-corrected chi connectivity index (χ0v) is 17.6. The van der Waals surface area contributed by atoms with Crippen molar-refractivity contribution in [1.29, 1.82) is 0 Å². The van der Waals surface area contributed by atoms with Gasteiger partial charge in [-0.25, -0.2) is 13.2 Å². The Morgan fingerprint density at radius 2 is 1.73 bits per heavy atom. The second kappa shape index (κ2) is 8.10. The molecule has 30 heavy (non-hydrogen) atoms. The Kier molecular flexibility index (Phi) is 5.51. The lowest BCUT2D eigenvalue weighted by Gasteiger charge is -2.31. The molecule has 1 atom stereocenters. The van der Waals surface area contributed by atoms with Crippen molar-refractivity contribution >= 4 is 33.3 Å². The fraction of sp³-hybridized carbons (Fsp3) is 0.364. The Bertz CT molecular complexity index is 1070. The summed E-state index contributed by atoms with van der Waals surface area (Å²) >= 11 is 0. The van der Waals surface area contributed by atoms with E-state index in [0.29, 0.717) is 25.2 Å². The zero-order valence-electron chi connectivity index (χ0n) is 16.8. The number of nitrogens with zero attached hydrogens (tertiary/aromatic N) is 2. The maximum Gasteiger partial charge on any atom is 0.338 e. The molecule has 1 saturated heterocycles. The number of esters is 1. The van der Waals surface area contributed by atoms with Gasteiger partial charge in [0.15, 0.2) is 6.10 Å². The first-order chi connectivity index (χ1) is 14.4. The third-order valence-corrected chi connectivity index (χ3v) is 7.37. The van der Waals surface area contributed by atoms with E-state index in [9.17, 15) is 18.0 Å². The van der Waals surface area contributed by atoms with Gasteiger partial charge in [0, 0.05) is 18.8 Å². The maximum absolute atomic E-state index is 12.9. The summed E-state index contributed by atoms with van der Waals surface area (Å²) in [6, 6.07) is 14.0. The van der Waals surface area contributed by atoms with Gasteiger partial charge >= 0.3 is 5.97 Å². The molecule has 0 bridgehead atoms. The van der Waals surface area contributed by atoms with Crippen LogP contribution in [0.25, 0.3) is 0 Å². The van der Waals surface area contributed by atoms with Gasteiger partial charge in [-0.2, -0.15) is 0 Å². The van der Waals surface area contributed by atoms with E-state index >= 15 is 0 Å². The molecule has 1 amide bonds. The number of ether oxygens (including phenoxy) is 1. The largest absolute Gasteiger partial charge is 0.449 e. The Hall–Kier alpha value is -2.87. The quantitative estimate of drug-likeness (QED) is 0.699. The highest BCUT2D eigenvalue weighted by Crippen LogP contribution is 2.28. The molecule has 8 heteroatoms. The molecule has 1 fully saturated rings. The number of amides is 1. The summed E-state index contributed by atoms with van der Waals surface area (Å²) < 4.78 is 30.8. The van der Waals surface area contributed by atoms with E-state index in [-0.39, 0.29) is 17.2 Å². The molecule has 2 aromatic rings. The van der Waals surface area contributed by atoms with Gasteiger partial charge in [-0.05, 0) is 62.1 Å². The van der Waals surface area contributed by atoms with E-state index < -0.39 is 22.1 Å². The Balaban J connectivity index is 1.43. The van der Waals surface area contributed by atoms with Crippen molar-refractivity contribution in [2.24, 2.45) is 0 Å². The first-order valence-corrected chi connectivity index (χ1v) is 11.7. The number of carbonyl (C=O) groups is 2. The van der Waals surface area contributed by atoms with Gasteiger partial charge in [0.2, 0.25) is 10.0 Å². The summed E-state index contributed by atoms with van der Waals surface area (Å²) in [6.45, 7) is 2.61. The highest BCUT2D eigenvalue weighted by Gasteiger charge is 2.30. The van der Waals surface area contributed by atoms with Crippen LogP contribution in [0.5, 0.6) is 0 Å². The molecule has 4 rings (SSSR count). The second-order valence-electron chi connectivity index (χ2n) is 7.56. The first-order valence-electron chi connectivity index (χ1n) is 10.1. The lowest BCUT2D eigenvalue weighted by molar-refractivity contribution is -0.126. The predicted molar refractivity (Wildman–Crippen MR) is 114 cm³/mol. The fourth-order valence-corrected chi connectivity index (χ4v) is 5.52. The Morgan fingerprint density at radius 1 is 1.00 bits per heavy atom. The summed E-state index contributed by atoms with van der Waals surface area (Å²) in [5, 5.41) is 0. The van der Waals surface area contributed by atoms with Gasteiger partial charge in [-0.15, -0.1) is 0 Å². The highest BCUT2D eigenvalue weighted by atomic mass is 32.2. The number of hydrogen-bond donors (Lipinski definition) is 0. The molecule has 0 aromatic heterocycles. The monoisotopic (exact) mass is 428 g/mol. The standard InChI is InChI=1S/C22H24N2O5S/c1-16(21(25)23-13-4-7-17-6-2-3-8-20(17)23)29-22(26)18-9-11-19(12-10-18)24-14-5-15-30(24,27)28/h2-3,6,8-12,16H,4-5,7,13-15H2,1H3/t16-/m1/s1. The van der Waals surface area contributed by atoms with Gasteiger partial charge in [0.1, 0.15) is 0 Å². The SMILES string of the molecule is C[C@@H](OC(=O)c1ccc(N2CCCS2(=O)=O)cc1)C(=O)N1CCCc2ccccc21. The molecular formula is C22H24N2O5S. The number of para-hydroxylation sites is 1. The number of benzene rings is 2. The Labute approximate surface area is 176 Å². The van der Waals surface area contributed by atoms with Crippen molar-refractivity contribution in [3.05, 3.63) is 59.7 Å². The first kappa shape index (κ1) is 20.4. The molecule has 2 aliphatic heterocycles. The average Bonchev–Trinajstić information content (AvgIpc) is 3.11. The summed E-state index contributed by atoms with van der Waals surface area (Å²) in [4.78, 5) is 27.1. The van der Waals surface area contributed by atoms with Crippen LogP contribution >= 0.6 is 0 Å². The van der Waals surface area contributed by atoms with Crippen LogP contribution in [0.15, 0.2) is 48.5 Å². The number of sulfonamides is 1. The second-order valence-corrected chi connectivity index (χ2v) is 9.57. The van der Waals surface area contributed by atoms with Gasteiger partial charge in [-0.1, -0.05) is 18.2 Å². The van der Waals surface area contributed by atoms with Crippen molar-refractivity contribution in [2.75, 3.05) is 28.0 Å². The normalized spacial score (nSPS) is 18.6.